The van der Waals surface area contributed by atoms with Crippen molar-refractivity contribution in [3.63, 3.8) is 0 Å². The molecule has 1 atom stereocenters. The van der Waals surface area contributed by atoms with Gasteiger partial charge in [0.05, 0.1) is 5.02 Å². The molecule has 0 amide bonds. The number of rotatable bonds is 6. The Hall–Kier alpha value is -2.13. The number of oxime groups is 1. The molecule has 2 aliphatic rings. The molecule has 0 saturated carbocycles. The number of piperazine rings is 1. The number of nitrogens with two attached hydrogens (primary N) is 1. The Balaban J connectivity index is 1.35. The molecule has 3 heterocycles. The average molecular weight is 509 g/mol. The molecule has 1 aromatic carbocycles. The lowest BCUT2D eigenvalue weighted by Gasteiger charge is -2.47. The van der Waals surface area contributed by atoms with Crippen LogP contribution in [0.25, 0.3) is 0 Å². The van der Waals surface area contributed by atoms with E-state index in [0.29, 0.717) is 39.8 Å². The molecular formula is C24H31Cl2FN6O. The summed E-state index contributed by atoms with van der Waals surface area (Å²) in [5.41, 5.74) is 6.85. The predicted molar refractivity (Wildman–Crippen MR) is 134 cm³/mol. The van der Waals surface area contributed by atoms with Gasteiger partial charge >= 0.3 is 0 Å². The third kappa shape index (κ3) is 5.57. The lowest BCUT2D eigenvalue weighted by Crippen LogP contribution is -2.58. The van der Waals surface area contributed by atoms with Crippen LogP contribution in [0.4, 0.5) is 10.2 Å². The fraction of sp³-hybridized carbons (Fsp3) is 0.500. The summed E-state index contributed by atoms with van der Waals surface area (Å²) in [6, 6.07) is 7.53. The van der Waals surface area contributed by atoms with E-state index in [4.69, 9.17) is 34.1 Å². The standard InChI is InChI=1S/C24H31Cl2FN6O/c1-2-19-15-32(24-21(26)11-17(13-29-24)23(28)30-34)9-10-33(19)20-5-7-31(8-6-20)14-16-3-4-18(25)12-22(16)27/h3-4,11-13,19-20,34H,2,5-10,14-15H2,1H3,(H2,28,30)/t19-/m0/s1. The minimum absolute atomic E-state index is 0.0117. The van der Waals surface area contributed by atoms with Crippen LogP contribution >= 0.6 is 23.2 Å². The zero-order valence-electron chi connectivity index (χ0n) is 19.3. The van der Waals surface area contributed by atoms with E-state index in [9.17, 15) is 4.39 Å². The molecule has 0 unspecified atom stereocenters. The summed E-state index contributed by atoms with van der Waals surface area (Å²) in [4.78, 5) is 11.7. The van der Waals surface area contributed by atoms with Gasteiger partial charge in [-0.25, -0.2) is 9.37 Å². The van der Waals surface area contributed by atoms with E-state index in [1.807, 2.05) is 0 Å². The van der Waals surface area contributed by atoms with Gasteiger partial charge in [0.15, 0.2) is 5.84 Å². The number of likely N-dealkylation sites (tertiary alicyclic amines) is 1. The number of hydrogen-bond acceptors (Lipinski definition) is 6. The summed E-state index contributed by atoms with van der Waals surface area (Å²) in [5.74, 6) is 0.486. The first-order chi connectivity index (χ1) is 16.4. The van der Waals surface area contributed by atoms with Crippen molar-refractivity contribution < 1.29 is 9.60 Å². The zero-order valence-corrected chi connectivity index (χ0v) is 20.8. The highest BCUT2D eigenvalue weighted by Crippen LogP contribution is 2.30. The number of halogens is 3. The molecular weight excluding hydrogens is 478 g/mol. The van der Waals surface area contributed by atoms with Gasteiger partial charge in [-0.3, -0.25) is 9.80 Å². The molecule has 3 N–H and O–H groups in total. The summed E-state index contributed by atoms with van der Waals surface area (Å²) in [7, 11) is 0. The van der Waals surface area contributed by atoms with Crippen LogP contribution in [0.3, 0.4) is 0 Å². The summed E-state index contributed by atoms with van der Waals surface area (Å²) in [5, 5.41) is 12.8. The maximum absolute atomic E-state index is 14.2. The number of nitrogens with zero attached hydrogens (tertiary/aromatic N) is 5. The first-order valence-electron chi connectivity index (χ1n) is 11.7. The van der Waals surface area contributed by atoms with Gasteiger partial charge in [0.1, 0.15) is 11.6 Å². The van der Waals surface area contributed by atoms with Crippen LogP contribution in [0.2, 0.25) is 10.0 Å². The molecule has 0 spiro atoms. The first kappa shape index (κ1) is 25.0. The minimum Gasteiger partial charge on any atom is -0.409 e. The van der Waals surface area contributed by atoms with Crippen molar-refractivity contribution in [2.24, 2.45) is 10.9 Å². The SMILES string of the molecule is CC[C@H]1CN(c2ncc(/C(N)=N\O)cc2Cl)CCN1C1CCN(Cc2ccc(Cl)cc2F)CC1. The summed E-state index contributed by atoms with van der Waals surface area (Å²) >= 11 is 12.4. The maximum Gasteiger partial charge on any atom is 0.171 e. The number of amidine groups is 1. The van der Waals surface area contributed by atoms with Gasteiger partial charge < -0.3 is 15.8 Å². The van der Waals surface area contributed by atoms with Gasteiger partial charge in [-0.15, -0.1) is 0 Å². The van der Waals surface area contributed by atoms with Crippen LogP contribution in [-0.2, 0) is 6.54 Å². The van der Waals surface area contributed by atoms with Gasteiger partial charge in [0, 0.05) is 60.6 Å². The third-order valence-corrected chi connectivity index (χ3v) is 7.47. The number of pyridine rings is 1. The van der Waals surface area contributed by atoms with Crippen molar-refractivity contribution >= 4 is 34.9 Å². The molecule has 1 aromatic heterocycles. The summed E-state index contributed by atoms with van der Waals surface area (Å²) in [6.07, 6.45) is 4.76. The van der Waals surface area contributed by atoms with E-state index < -0.39 is 0 Å². The Morgan fingerprint density at radius 1 is 1.21 bits per heavy atom. The largest absolute Gasteiger partial charge is 0.409 e. The molecule has 0 radical (unpaired) electrons. The Bertz CT molecular complexity index is 1030. The fourth-order valence-corrected chi connectivity index (χ4v) is 5.51. The van der Waals surface area contributed by atoms with Crippen molar-refractivity contribution in [3.8, 4) is 0 Å². The monoisotopic (exact) mass is 508 g/mol. The maximum atomic E-state index is 14.2. The normalized spacial score (nSPS) is 21.2. The van der Waals surface area contributed by atoms with Crippen molar-refractivity contribution in [2.45, 2.75) is 44.8 Å². The second kappa shape index (κ2) is 11.1. The molecule has 34 heavy (non-hydrogen) atoms. The highest BCUT2D eigenvalue weighted by atomic mass is 35.5. The van der Waals surface area contributed by atoms with Gasteiger partial charge in [0.2, 0.25) is 0 Å². The van der Waals surface area contributed by atoms with Crippen molar-refractivity contribution in [1.29, 1.82) is 0 Å². The Morgan fingerprint density at radius 3 is 2.62 bits per heavy atom. The van der Waals surface area contributed by atoms with Gasteiger partial charge in [-0.05, 0) is 50.6 Å². The zero-order chi connectivity index (χ0) is 24.2. The number of piperidine rings is 1. The molecule has 184 valence electrons. The molecule has 4 rings (SSSR count). The highest BCUT2D eigenvalue weighted by Gasteiger charge is 2.34. The van der Waals surface area contributed by atoms with E-state index in [-0.39, 0.29) is 11.7 Å². The smallest absolute Gasteiger partial charge is 0.171 e. The van der Waals surface area contributed by atoms with Crippen LogP contribution in [-0.4, -0.2) is 70.6 Å². The number of hydrogen-bond donors (Lipinski definition) is 2. The molecule has 10 heteroatoms. The molecule has 2 aromatic rings. The Labute approximate surface area is 209 Å². The quantitative estimate of drug-likeness (QED) is 0.263. The number of aromatic nitrogens is 1. The third-order valence-electron chi connectivity index (χ3n) is 6.96. The average Bonchev–Trinajstić information content (AvgIpc) is 2.85. The van der Waals surface area contributed by atoms with E-state index in [0.717, 1.165) is 57.8 Å². The molecule has 0 bridgehead atoms. The van der Waals surface area contributed by atoms with Gasteiger partial charge in [0.25, 0.3) is 0 Å². The van der Waals surface area contributed by atoms with Crippen LogP contribution in [0.1, 0.15) is 37.3 Å². The van der Waals surface area contributed by atoms with Crippen LogP contribution < -0.4 is 10.6 Å². The lowest BCUT2D eigenvalue weighted by molar-refractivity contribution is 0.0607. The molecule has 2 aliphatic heterocycles. The molecule has 7 nitrogen and oxygen atoms in total. The van der Waals surface area contributed by atoms with E-state index in [2.05, 4.69) is 31.8 Å². The Morgan fingerprint density at radius 2 is 1.97 bits per heavy atom. The second-order valence-electron chi connectivity index (χ2n) is 9.00. The van der Waals surface area contributed by atoms with Crippen molar-refractivity contribution in [3.05, 3.63) is 57.5 Å². The lowest BCUT2D eigenvalue weighted by atomic mass is 9.97. The molecule has 2 saturated heterocycles. The van der Waals surface area contributed by atoms with E-state index >= 15 is 0 Å². The minimum atomic E-state index is -0.233. The van der Waals surface area contributed by atoms with Crippen LogP contribution in [0.5, 0.6) is 0 Å². The number of benzene rings is 1. The van der Waals surface area contributed by atoms with Gasteiger partial charge in [-0.1, -0.05) is 41.3 Å². The predicted octanol–water partition coefficient (Wildman–Crippen LogP) is 4.19. The van der Waals surface area contributed by atoms with Crippen molar-refractivity contribution in [1.82, 2.24) is 14.8 Å². The fourth-order valence-electron chi connectivity index (χ4n) is 5.07. The van der Waals surface area contributed by atoms with E-state index in [1.54, 1.807) is 24.4 Å². The molecule has 2 fully saturated rings. The van der Waals surface area contributed by atoms with Crippen molar-refractivity contribution in [2.75, 3.05) is 37.6 Å². The summed E-state index contributed by atoms with van der Waals surface area (Å²) < 4.78 is 14.2. The molecule has 0 aliphatic carbocycles. The van der Waals surface area contributed by atoms with Crippen LogP contribution in [0.15, 0.2) is 35.6 Å². The summed E-state index contributed by atoms with van der Waals surface area (Å²) in [6.45, 7) is 7.36. The van der Waals surface area contributed by atoms with Crippen LogP contribution in [0, 0.1) is 5.82 Å². The Kier molecular flexibility index (Phi) is 8.14. The first-order valence-corrected chi connectivity index (χ1v) is 12.5. The second-order valence-corrected chi connectivity index (χ2v) is 9.85. The van der Waals surface area contributed by atoms with E-state index in [1.165, 1.54) is 6.07 Å². The number of anilines is 1. The highest BCUT2D eigenvalue weighted by molar-refractivity contribution is 6.33. The topological polar surface area (TPSA) is 81.2 Å². The van der Waals surface area contributed by atoms with Gasteiger partial charge in [-0.2, -0.15) is 0 Å².